The largest absolute Gasteiger partial charge is 0.497 e. The Labute approximate surface area is 158 Å². The van der Waals surface area contributed by atoms with E-state index >= 15 is 0 Å². The molecule has 26 heavy (non-hydrogen) atoms. The molecule has 0 amide bonds. The average Bonchev–Trinajstić information content (AvgIpc) is 3.32. The molecule has 2 heterocycles. The van der Waals surface area contributed by atoms with E-state index in [1.807, 2.05) is 42.5 Å². The highest BCUT2D eigenvalue weighted by molar-refractivity contribution is 6.31. The van der Waals surface area contributed by atoms with Crippen LogP contribution in [0.15, 0.2) is 59.1 Å². The van der Waals surface area contributed by atoms with E-state index < -0.39 is 0 Å². The molecule has 1 fully saturated rings. The molecule has 134 valence electrons. The van der Waals surface area contributed by atoms with Gasteiger partial charge in [0.2, 0.25) is 5.89 Å². The molecule has 0 unspecified atom stereocenters. The maximum atomic E-state index is 6.41. The summed E-state index contributed by atoms with van der Waals surface area (Å²) in [5.41, 5.74) is 2.18. The smallest absolute Gasteiger partial charge is 0.209 e. The van der Waals surface area contributed by atoms with Crippen molar-refractivity contribution in [1.29, 1.82) is 0 Å². The standard InChI is InChI=1S/C21H21ClN2O2/c1-25-16-10-8-15(9-11-16)20-13-23-21(26-20)14-24-12-4-7-19(24)17-5-2-3-6-18(17)22/h2-3,5-6,8-11,13,19H,4,7,12,14H2,1H3/t19-/m1/s1. The first-order chi connectivity index (χ1) is 12.7. The van der Waals surface area contributed by atoms with Gasteiger partial charge < -0.3 is 9.15 Å². The zero-order valence-corrected chi connectivity index (χ0v) is 15.4. The van der Waals surface area contributed by atoms with Crippen molar-refractivity contribution in [1.82, 2.24) is 9.88 Å². The predicted molar refractivity (Wildman–Crippen MR) is 102 cm³/mol. The first-order valence-corrected chi connectivity index (χ1v) is 9.20. The summed E-state index contributed by atoms with van der Waals surface area (Å²) in [5.74, 6) is 2.33. The molecule has 0 aliphatic carbocycles. The molecule has 5 heteroatoms. The maximum absolute atomic E-state index is 6.41. The van der Waals surface area contributed by atoms with Crippen molar-refractivity contribution in [3.8, 4) is 17.1 Å². The second kappa shape index (κ2) is 7.52. The zero-order chi connectivity index (χ0) is 17.9. The van der Waals surface area contributed by atoms with Gasteiger partial charge in [-0.05, 0) is 55.3 Å². The number of ether oxygens (including phenoxy) is 1. The maximum Gasteiger partial charge on any atom is 0.209 e. The van der Waals surface area contributed by atoms with Gasteiger partial charge in [0, 0.05) is 16.6 Å². The molecule has 1 aliphatic heterocycles. The van der Waals surface area contributed by atoms with E-state index in [9.17, 15) is 0 Å². The van der Waals surface area contributed by atoms with Crippen LogP contribution in [0.5, 0.6) is 5.75 Å². The van der Waals surface area contributed by atoms with Crippen LogP contribution < -0.4 is 4.74 Å². The molecule has 4 rings (SSSR count). The summed E-state index contributed by atoms with van der Waals surface area (Å²) in [6.45, 7) is 1.71. The number of halogens is 1. The van der Waals surface area contributed by atoms with Crippen LogP contribution in [-0.4, -0.2) is 23.5 Å². The number of oxazole rings is 1. The third kappa shape index (κ3) is 3.48. The first-order valence-electron chi connectivity index (χ1n) is 8.82. The van der Waals surface area contributed by atoms with Crippen molar-refractivity contribution in [2.45, 2.75) is 25.4 Å². The Morgan fingerprint density at radius 3 is 2.77 bits per heavy atom. The van der Waals surface area contributed by atoms with Crippen LogP contribution in [0.25, 0.3) is 11.3 Å². The fraction of sp³-hybridized carbons (Fsp3) is 0.286. The van der Waals surface area contributed by atoms with Crippen LogP contribution in [0.1, 0.15) is 30.3 Å². The van der Waals surface area contributed by atoms with Gasteiger partial charge in [-0.25, -0.2) is 4.98 Å². The molecule has 1 aliphatic rings. The minimum atomic E-state index is 0.319. The molecule has 0 radical (unpaired) electrons. The lowest BCUT2D eigenvalue weighted by molar-refractivity contribution is 0.224. The molecule has 3 aromatic rings. The van der Waals surface area contributed by atoms with Crippen molar-refractivity contribution in [2.75, 3.05) is 13.7 Å². The van der Waals surface area contributed by atoms with Crippen LogP contribution in [0.2, 0.25) is 5.02 Å². The van der Waals surface area contributed by atoms with E-state index in [2.05, 4.69) is 16.0 Å². The van der Waals surface area contributed by atoms with Crippen LogP contribution in [0.4, 0.5) is 0 Å². The van der Waals surface area contributed by atoms with Gasteiger partial charge >= 0.3 is 0 Å². The van der Waals surface area contributed by atoms with Gasteiger partial charge in [-0.3, -0.25) is 4.90 Å². The third-order valence-electron chi connectivity index (χ3n) is 4.89. The summed E-state index contributed by atoms with van der Waals surface area (Å²) in [6, 6.07) is 16.2. The fourth-order valence-corrected chi connectivity index (χ4v) is 3.82. The molecule has 1 atom stereocenters. The van der Waals surface area contributed by atoms with Crippen molar-refractivity contribution in [3.05, 3.63) is 71.2 Å². The number of hydrogen-bond donors (Lipinski definition) is 0. The van der Waals surface area contributed by atoms with Crippen LogP contribution in [-0.2, 0) is 6.54 Å². The average molecular weight is 369 g/mol. The van der Waals surface area contributed by atoms with Crippen molar-refractivity contribution < 1.29 is 9.15 Å². The summed E-state index contributed by atoms with van der Waals surface area (Å²) in [7, 11) is 1.66. The second-order valence-corrected chi connectivity index (χ2v) is 6.90. The lowest BCUT2D eigenvalue weighted by atomic mass is 10.0. The van der Waals surface area contributed by atoms with Gasteiger partial charge in [0.05, 0.1) is 19.9 Å². The van der Waals surface area contributed by atoms with Crippen LogP contribution >= 0.6 is 11.6 Å². The lowest BCUT2D eigenvalue weighted by Gasteiger charge is -2.24. The Morgan fingerprint density at radius 1 is 1.19 bits per heavy atom. The molecule has 4 nitrogen and oxygen atoms in total. The Morgan fingerprint density at radius 2 is 2.00 bits per heavy atom. The van der Waals surface area contributed by atoms with E-state index in [4.69, 9.17) is 20.8 Å². The molecular weight excluding hydrogens is 348 g/mol. The van der Waals surface area contributed by atoms with Crippen molar-refractivity contribution >= 4 is 11.6 Å². The summed E-state index contributed by atoms with van der Waals surface area (Å²) in [5, 5.41) is 0.829. The quantitative estimate of drug-likeness (QED) is 0.609. The predicted octanol–water partition coefficient (Wildman–Crippen LogP) is 5.34. The Hall–Kier alpha value is -2.30. The van der Waals surface area contributed by atoms with E-state index in [0.29, 0.717) is 12.6 Å². The number of rotatable bonds is 5. The van der Waals surface area contributed by atoms with E-state index in [-0.39, 0.29) is 0 Å². The molecule has 1 aromatic heterocycles. The van der Waals surface area contributed by atoms with E-state index in [1.165, 1.54) is 5.56 Å². The summed E-state index contributed by atoms with van der Waals surface area (Å²) < 4.78 is 11.2. The Bertz CT molecular complexity index is 876. The number of aromatic nitrogens is 1. The van der Waals surface area contributed by atoms with E-state index in [1.54, 1.807) is 13.3 Å². The molecule has 0 bridgehead atoms. The second-order valence-electron chi connectivity index (χ2n) is 6.50. The summed E-state index contributed by atoms with van der Waals surface area (Å²) in [6.07, 6.45) is 4.05. The normalized spacial score (nSPS) is 17.5. The lowest BCUT2D eigenvalue weighted by Crippen LogP contribution is -2.23. The van der Waals surface area contributed by atoms with Gasteiger partial charge in [-0.1, -0.05) is 29.8 Å². The Balaban J connectivity index is 1.50. The minimum Gasteiger partial charge on any atom is -0.497 e. The number of hydrogen-bond acceptors (Lipinski definition) is 4. The number of nitrogens with zero attached hydrogens (tertiary/aromatic N) is 2. The SMILES string of the molecule is COc1ccc(-c2cnc(CN3CCC[C@@H]3c3ccccc3Cl)o2)cc1. The van der Waals surface area contributed by atoms with Gasteiger partial charge in [0.1, 0.15) is 5.75 Å². The molecular formula is C21H21ClN2O2. The first kappa shape index (κ1) is 17.1. The van der Waals surface area contributed by atoms with Crippen molar-refractivity contribution in [3.63, 3.8) is 0 Å². The highest BCUT2D eigenvalue weighted by Gasteiger charge is 2.28. The number of benzene rings is 2. The topological polar surface area (TPSA) is 38.5 Å². The summed E-state index contributed by atoms with van der Waals surface area (Å²) in [4.78, 5) is 6.87. The molecule has 0 saturated carbocycles. The monoisotopic (exact) mass is 368 g/mol. The van der Waals surface area contributed by atoms with Gasteiger partial charge in [0.25, 0.3) is 0 Å². The third-order valence-corrected chi connectivity index (χ3v) is 5.24. The Kier molecular flexibility index (Phi) is 4.96. The van der Waals surface area contributed by atoms with Gasteiger partial charge in [-0.2, -0.15) is 0 Å². The summed E-state index contributed by atoms with van der Waals surface area (Å²) >= 11 is 6.41. The fourth-order valence-electron chi connectivity index (χ4n) is 3.56. The number of likely N-dealkylation sites (tertiary alicyclic amines) is 1. The highest BCUT2D eigenvalue weighted by atomic mass is 35.5. The molecule has 0 spiro atoms. The molecule has 2 aromatic carbocycles. The van der Waals surface area contributed by atoms with Gasteiger partial charge in [0.15, 0.2) is 5.76 Å². The number of methoxy groups -OCH3 is 1. The van der Waals surface area contributed by atoms with Crippen molar-refractivity contribution in [2.24, 2.45) is 0 Å². The minimum absolute atomic E-state index is 0.319. The van der Waals surface area contributed by atoms with Crippen LogP contribution in [0, 0.1) is 0 Å². The molecule has 0 N–H and O–H groups in total. The van der Waals surface area contributed by atoms with Crippen LogP contribution in [0.3, 0.4) is 0 Å². The van der Waals surface area contributed by atoms with Gasteiger partial charge in [-0.15, -0.1) is 0 Å². The highest BCUT2D eigenvalue weighted by Crippen LogP contribution is 2.36. The zero-order valence-electron chi connectivity index (χ0n) is 14.7. The molecule has 1 saturated heterocycles. The van der Waals surface area contributed by atoms with E-state index in [0.717, 1.165) is 47.4 Å².